The molecule has 0 aliphatic heterocycles. The number of benzene rings is 1. The minimum atomic E-state index is -5.61. The fraction of sp³-hybridized carbons (Fsp3) is 0.455. The van der Waals surface area contributed by atoms with Gasteiger partial charge in [0.2, 0.25) is 0 Å². The number of para-hydroxylation sites is 1. The van der Waals surface area contributed by atoms with Gasteiger partial charge in [-0.05, 0) is 12.1 Å². The molecule has 0 spiro atoms. The summed E-state index contributed by atoms with van der Waals surface area (Å²) in [5, 5.41) is 29.7. The van der Waals surface area contributed by atoms with Gasteiger partial charge in [-0.25, -0.2) is 8.42 Å². The fourth-order valence-electron chi connectivity index (χ4n) is 1.48. The Bertz CT molecular complexity index is 576. The van der Waals surface area contributed by atoms with E-state index in [1.165, 1.54) is 6.07 Å². The van der Waals surface area contributed by atoms with Crippen LogP contribution < -0.4 is 5.32 Å². The maximum Gasteiger partial charge on any atom is 0.501 e. The molecule has 6 nitrogen and oxygen atoms in total. The first-order valence-corrected chi connectivity index (χ1v) is 7.13. The molecule has 1 rings (SSSR count). The van der Waals surface area contributed by atoms with Crippen molar-refractivity contribution in [2.75, 3.05) is 25.1 Å². The van der Waals surface area contributed by atoms with Gasteiger partial charge < -0.3 is 20.6 Å². The van der Waals surface area contributed by atoms with E-state index in [4.69, 9.17) is 15.3 Å². The van der Waals surface area contributed by atoms with E-state index < -0.39 is 51.3 Å². The lowest BCUT2D eigenvalue weighted by molar-refractivity contribution is -0.0435. The van der Waals surface area contributed by atoms with Crippen LogP contribution in [-0.4, -0.2) is 54.6 Å². The first kappa shape index (κ1) is 17.7. The summed E-state index contributed by atoms with van der Waals surface area (Å²) >= 11 is 0. The zero-order chi connectivity index (χ0) is 16.3. The van der Waals surface area contributed by atoms with Gasteiger partial charge in [0, 0.05) is 0 Å². The molecule has 10 heteroatoms. The number of alkyl halides is 3. The van der Waals surface area contributed by atoms with Gasteiger partial charge in [-0.2, -0.15) is 13.2 Å². The number of aliphatic hydroxyl groups excluding tert-OH is 3. The smallest absolute Gasteiger partial charge is 0.394 e. The van der Waals surface area contributed by atoms with Crippen LogP contribution in [0.15, 0.2) is 29.2 Å². The Labute approximate surface area is 118 Å². The van der Waals surface area contributed by atoms with Gasteiger partial charge in [-0.15, -0.1) is 0 Å². The molecule has 0 amide bonds. The number of rotatable bonds is 6. The molecule has 0 saturated heterocycles. The summed E-state index contributed by atoms with van der Waals surface area (Å²) in [7, 11) is -5.61. The second kappa shape index (κ2) is 6.18. The summed E-state index contributed by atoms with van der Waals surface area (Å²) in [5.74, 6) is 0. The lowest BCUT2D eigenvalue weighted by Crippen LogP contribution is -2.49. The van der Waals surface area contributed by atoms with E-state index in [0.717, 1.165) is 18.2 Å². The Morgan fingerprint density at radius 2 is 1.48 bits per heavy atom. The molecule has 21 heavy (non-hydrogen) atoms. The lowest BCUT2D eigenvalue weighted by atomic mass is 10.0. The second-order valence-corrected chi connectivity index (χ2v) is 6.23. The molecule has 1 aromatic carbocycles. The molecule has 0 aliphatic carbocycles. The summed E-state index contributed by atoms with van der Waals surface area (Å²) in [6, 6.07) is 4.15. The highest BCUT2D eigenvalue weighted by Crippen LogP contribution is 2.35. The Morgan fingerprint density at radius 3 is 1.90 bits per heavy atom. The molecule has 0 radical (unpaired) electrons. The third-order valence-corrected chi connectivity index (χ3v) is 4.33. The minimum Gasteiger partial charge on any atom is -0.394 e. The van der Waals surface area contributed by atoms with Crippen molar-refractivity contribution in [3.63, 3.8) is 0 Å². The van der Waals surface area contributed by atoms with Gasteiger partial charge in [-0.3, -0.25) is 0 Å². The van der Waals surface area contributed by atoms with Crippen molar-refractivity contribution in [2.45, 2.75) is 15.9 Å². The van der Waals surface area contributed by atoms with Crippen molar-refractivity contribution in [1.29, 1.82) is 0 Å². The summed E-state index contributed by atoms with van der Waals surface area (Å²) in [6.07, 6.45) is 0. The molecule has 0 heterocycles. The molecular weight excluding hydrogens is 315 g/mol. The SMILES string of the molecule is O=S(=O)(c1ccccc1NC(CO)(CO)CO)C(F)(F)F. The number of aliphatic hydroxyl groups is 3. The summed E-state index contributed by atoms with van der Waals surface area (Å²) in [5.41, 5.74) is -7.73. The van der Waals surface area contributed by atoms with Crippen LogP contribution in [0.4, 0.5) is 18.9 Å². The van der Waals surface area contributed by atoms with Crippen LogP contribution in [0, 0.1) is 0 Å². The maximum absolute atomic E-state index is 12.6. The maximum atomic E-state index is 12.6. The first-order valence-electron chi connectivity index (χ1n) is 5.65. The van der Waals surface area contributed by atoms with Crippen LogP contribution in [-0.2, 0) is 9.84 Å². The first-order chi connectivity index (χ1) is 9.63. The van der Waals surface area contributed by atoms with E-state index in [2.05, 4.69) is 5.32 Å². The topological polar surface area (TPSA) is 107 Å². The molecule has 0 aliphatic rings. The van der Waals surface area contributed by atoms with E-state index in [9.17, 15) is 21.6 Å². The number of nitrogens with one attached hydrogen (secondary N) is 1. The highest BCUT2D eigenvalue weighted by molar-refractivity contribution is 7.92. The Hall–Kier alpha value is -1.36. The monoisotopic (exact) mass is 329 g/mol. The molecule has 0 fully saturated rings. The molecule has 0 atom stereocenters. The van der Waals surface area contributed by atoms with Gasteiger partial charge in [0.15, 0.2) is 0 Å². The molecule has 4 N–H and O–H groups in total. The molecule has 0 unspecified atom stereocenters. The lowest BCUT2D eigenvalue weighted by Gasteiger charge is -2.30. The zero-order valence-electron chi connectivity index (χ0n) is 10.6. The predicted molar refractivity (Wildman–Crippen MR) is 67.3 cm³/mol. The van der Waals surface area contributed by atoms with Gasteiger partial charge in [0.05, 0.1) is 30.4 Å². The van der Waals surface area contributed by atoms with E-state index >= 15 is 0 Å². The van der Waals surface area contributed by atoms with E-state index in [-0.39, 0.29) is 0 Å². The molecule has 0 bridgehead atoms. The quantitative estimate of drug-likeness (QED) is 0.590. The molecule has 120 valence electrons. The Balaban J connectivity index is 3.36. The third kappa shape index (κ3) is 3.46. The summed E-state index contributed by atoms with van der Waals surface area (Å²) < 4.78 is 60.8. The number of sulfone groups is 1. The fourth-order valence-corrected chi connectivity index (χ4v) is 2.40. The molecule has 0 saturated carbocycles. The van der Waals surface area contributed by atoms with Crippen LogP contribution >= 0.6 is 0 Å². The van der Waals surface area contributed by atoms with E-state index in [1.54, 1.807) is 0 Å². The van der Waals surface area contributed by atoms with Gasteiger partial charge in [0.1, 0.15) is 5.54 Å². The minimum absolute atomic E-state index is 0.480. The highest BCUT2D eigenvalue weighted by atomic mass is 32.2. The van der Waals surface area contributed by atoms with Gasteiger partial charge >= 0.3 is 5.51 Å². The van der Waals surface area contributed by atoms with Crippen LogP contribution in [0.25, 0.3) is 0 Å². The standard InChI is InChI=1S/C11H14F3NO5S/c12-11(13,14)21(19,20)9-4-2-1-3-8(9)15-10(5-16,6-17)7-18/h1-4,15-18H,5-7H2. The average Bonchev–Trinajstić information content (AvgIpc) is 2.44. The average molecular weight is 329 g/mol. The Morgan fingerprint density at radius 1 is 1.00 bits per heavy atom. The molecule has 1 aromatic rings. The molecule has 0 aromatic heterocycles. The number of hydrogen-bond donors (Lipinski definition) is 4. The second-order valence-electron chi connectivity index (χ2n) is 4.33. The van der Waals surface area contributed by atoms with Crippen LogP contribution in [0.2, 0.25) is 0 Å². The van der Waals surface area contributed by atoms with Crippen LogP contribution in [0.3, 0.4) is 0 Å². The number of halogens is 3. The van der Waals surface area contributed by atoms with Crippen molar-refractivity contribution in [3.8, 4) is 0 Å². The van der Waals surface area contributed by atoms with Crippen molar-refractivity contribution in [2.24, 2.45) is 0 Å². The highest BCUT2D eigenvalue weighted by Gasteiger charge is 2.48. The van der Waals surface area contributed by atoms with Gasteiger partial charge in [-0.1, -0.05) is 12.1 Å². The van der Waals surface area contributed by atoms with Crippen molar-refractivity contribution >= 4 is 15.5 Å². The van der Waals surface area contributed by atoms with Crippen molar-refractivity contribution in [1.82, 2.24) is 0 Å². The third-order valence-electron chi connectivity index (χ3n) is 2.79. The van der Waals surface area contributed by atoms with Crippen LogP contribution in [0.1, 0.15) is 0 Å². The largest absolute Gasteiger partial charge is 0.501 e. The number of hydrogen-bond acceptors (Lipinski definition) is 6. The van der Waals surface area contributed by atoms with Crippen molar-refractivity contribution in [3.05, 3.63) is 24.3 Å². The zero-order valence-corrected chi connectivity index (χ0v) is 11.4. The van der Waals surface area contributed by atoms with E-state index in [1.807, 2.05) is 0 Å². The predicted octanol–water partition coefficient (Wildman–Crippen LogP) is 0.108. The Kier molecular flexibility index (Phi) is 5.20. The molecular formula is C11H14F3NO5S. The number of anilines is 1. The van der Waals surface area contributed by atoms with E-state index in [0.29, 0.717) is 0 Å². The normalized spacial score (nSPS) is 13.2. The van der Waals surface area contributed by atoms with Crippen LogP contribution in [0.5, 0.6) is 0 Å². The van der Waals surface area contributed by atoms with Crippen molar-refractivity contribution < 1.29 is 36.9 Å². The summed E-state index contributed by atoms with van der Waals surface area (Å²) in [6.45, 7) is -2.46. The van der Waals surface area contributed by atoms with Gasteiger partial charge in [0.25, 0.3) is 9.84 Å². The summed E-state index contributed by atoms with van der Waals surface area (Å²) in [4.78, 5) is -1.06.